The summed E-state index contributed by atoms with van der Waals surface area (Å²) in [5.41, 5.74) is 5.38. The number of benzene rings is 2. The van der Waals surface area contributed by atoms with Crippen molar-refractivity contribution >= 4 is 11.6 Å². The van der Waals surface area contributed by atoms with Crippen LogP contribution in [0.15, 0.2) is 48.3 Å². The highest BCUT2D eigenvalue weighted by molar-refractivity contribution is 5.84. The van der Waals surface area contributed by atoms with Crippen LogP contribution in [0.2, 0.25) is 0 Å². The van der Waals surface area contributed by atoms with E-state index in [1.54, 1.807) is 20.5 Å². The Morgan fingerprint density at radius 3 is 2.79 bits per heavy atom. The minimum atomic E-state index is -0.151. The van der Waals surface area contributed by atoms with Crippen molar-refractivity contribution in [2.75, 3.05) is 26.1 Å². The van der Waals surface area contributed by atoms with Gasteiger partial charge >= 0.3 is 0 Å². The highest BCUT2D eigenvalue weighted by atomic mass is 16.5. The van der Waals surface area contributed by atoms with Crippen molar-refractivity contribution in [1.29, 1.82) is 0 Å². The summed E-state index contributed by atoms with van der Waals surface area (Å²) in [6.07, 6.45) is 1.56. The van der Waals surface area contributed by atoms with Gasteiger partial charge in [0.05, 0.1) is 19.9 Å². The summed E-state index contributed by atoms with van der Waals surface area (Å²) < 4.78 is 18.9. The molecule has 0 aliphatic carbocycles. The summed E-state index contributed by atoms with van der Waals surface area (Å²) >= 11 is 0. The Morgan fingerprint density at radius 1 is 1.11 bits per heavy atom. The first-order valence-electron chi connectivity index (χ1n) is 9.05. The van der Waals surface area contributed by atoms with E-state index in [0.717, 1.165) is 28.1 Å². The van der Waals surface area contributed by atoms with E-state index in [0.29, 0.717) is 24.1 Å². The summed E-state index contributed by atoms with van der Waals surface area (Å²) in [7, 11) is 3.27. The molecule has 2 aliphatic rings. The van der Waals surface area contributed by atoms with Crippen LogP contribution in [0.4, 0.5) is 5.95 Å². The third kappa shape index (κ3) is 2.43. The number of nitrogens with zero attached hydrogens (tertiary/aromatic N) is 3. The maximum atomic E-state index is 6.08. The molecular formula is C21H20N4O3. The minimum Gasteiger partial charge on any atom is -0.493 e. The van der Waals surface area contributed by atoms with Gasteiger partial charge in [-0.2, -0.15) is 10.1 Å². The molecule has 0 amide bonds. The summed E-state index contributed by atoms with van der Waals surface area (Å²) in [5, 5.41) is 7.90. The highest BCUT2D eigenvalue weighted by Gasteiger charge is 2.35. The lowest BCUT2D eigenvalue weighted by Gasteiger charge is -2.34. The first-order chi connectivity index (χ1) is 13.7. The van der Waals surface area contributed by atoms with E-state index < -0.39 is 0 Å². The SMILES string of the molecule is COc1ccc([C@H]2C3=C(Nc4ncnn42)c2cc(C)ccc2OC3)cc1OC. The lowest BCUT2D eigenvalue weighted by atomic mass is 9.91. The number of methoxy groups -OCH3 is 2. The van der Waals surface area contributed by atoms with Crippen LogP contribution >= 0.6 is 0 Å². The average molecular weight is 376 g/mol. The number of anilines is 1. The Morgan fingerprint density at radius 2 is 1.96 bits per heavy atom. The zero-order valence-corrected chi connectivity index (χ0v) is 15.9. The van der Waals surface area contributed by atoms with Crippen molar-refractivity contribution in [2.45, 2.75) is 13.0 Å². The van der Waals surface area contributed by atoms with Gasteiger partial charge in [-0.05, 0) is 36.8 Å². The fourth-order valence-electron chi connectivity index (χ4n) is 3.88. The molecule has 2 aliphatic heterocycles. The zero-order valence-electron chi connectivity index (χ0n) is 15.9. The van der Waals surface area contributed by atoms with Gasteiger partial charge in [-0.3, -0.25) is 0 Å². The molecule has 1 N–H and O–H groups in total. The van der Waals surface area contributed by atoms with Gasteiger partial charge < -0.3 is 19.5 Å². The van der Waals surface area contributed by atoms with Crippen LogP contribution in [0.1, 0.15) is 22.7 Å². The van der Waals surface area contributed by atoms with E-state index in [4.69, 9.17) is 14.2 Å². The lowest BCUT2D eigenvalue weighted by molar-refractivity contribution is 0.327. The molecule has 0 fully saturated rings. The second-order valence-corrected chi connectivity index (χ2v) is 6.86. The van der Waals surface area contributed by atoms with Gasteiger partial charge in [-0.25, -0.2) is 4.68 Å². The monoisotopic (exact) mass is 376 g/mol. The van der Waals surface area contributed by atoms with E-state index in [1.165, 1.54) is 5.56 Å². The van der Waals surface area contributed by atoms with E-state index in [9.17, 15) is 0 Å². The number of ether oxygens (including phenoxy) is 3. The molecule has 5 rings (SSSR count). The number of rotatable bonds is 3. The molecule has 2 aromatic carbocycles. The van der Waals surface area contributed by atoms with Crippen LogP contribution in [0.5, 0.6) is 17.2 Å². The van der Waals surface area contributed by atoms with Gasteiger partial charge in [-0.15, -0.1) is 0 Å². The summed E-state index contributed by atoms with van der Waals surface area (Å²) in [6, 6.07) is 12.0. The Hall–Kier alpha value is -3.48. The van der Waals surface area contributed by atoms with Crippen molar-refractivity contribution in [2.24, 2.45) is 0 Å². The number of fused-ring (bicyclic) bond motifs is 3. The van der Waals surface area contributed by atoms with E-state index >= 15 is 0 Å². The number of aromatic nitrogens is 3. The maximum absolute atomic E-state index is 6.08. The van der Waals surface area contributed by atoms with Crippen molar-refractivity contribution in [3.05, 3.63) is 65.0 Å². The normalized spacial score (nSPS) is 17.0. The molecule has 7 nitrogen and oxygen atoms in total. The molecule has 7 heteroatoms. The number of hydrogen-bond donors (Lipinski definition) is 1. The Bertz CT molecular complexity index is 1100. The van der Waals surface area contributed by atoms with E-state index in [2.05, 4.69) is 34.5 Å². The van der Waals surface area contributed by atoms with Crippen LogP contribution in [0, 0.1) is 6.92 Å². The molecule has 3 heterocycles. The summed E-state index contributed by atoms with van der Waals surface area (Å²) in [6.45, 7) is 2.54. The molecule has 0 saturated heterocycles. The molecule has 1 aromatic heterocycles. The Kier molecular flexibility index (Phi) is 3.75. The summed E-state index contributed by atoms with van der Waals surface area (Å²) in [5.74, 6) is 2.94. The van der Waals surface area contributed by atoms with Gasteiger partial charge in [-0.1, -0.05) is 17.7 Å². The number of nitrogens with one attached hydrogen (secondary N) is 1. The maximum Gasteiger partial charge on any atom is 0.226 e. The van der Waals surface area contributed by atoms with E-state index in [-0.39, 0.29) is 6.04 Å². The molecule has 0 unspecified atom stereocenters. The van der Waals surface area contributed by atoms with Crippen LogP contribution in [0.3, 0.4) is 0 Å². The fraction of sp³-hybridized carbons (Fsp3) is 0.238. The second-order valence-electron chi connectivity index (χ2n) is 6.86. The lowest BCUT2D eigenvalue weighted by Crippen LogP contribution is -2.30. The predicted molar refractivity (Wildman–Crippen MR) is 105 cm³/mol. The molecule has 0 radical (unpaired) electrons. The van der Waals surface area contributed by atoms with Crippen LogP contribution < -0.4 is 19.5 Å². The van der Waals surface area contributed by atoms with Crippen LogP contribution in [-0.4, -0.2) is 35.6 Å². The summed E-state index contributed by atoms with van der Waals surface area (Å²) in [4.78, 5) is 4.41. The molecule has 3 aromatic rings. The molecule has 1 atom stereocenters. The van der Waals surface area contributed by atoms with Crippen LogP contribution in [0.25, 0.3) is 5.70 Å². The van der Waals surface area contributed by atoms with Crippen molar-refractivity contribution in [3.8, 4) is 17.2 Å². The molecule has 0 bridgehead atoms. The molecule has 28 heavy (non-hydrogen) atoms. The van der Waals surface area contributed by atoms with Gasteiger partial charge in [0, 0.05) is 11.1 Å². The minimum absolute atomic E-state index is 0.151. The van der Waals surface area contributed by atoms with Gasteiger partial charge in [0.2, 0.25) is 5.95 Å². The standard InChI is InChI=1S/C21H20N4O3/c1-12-4-6-16-14(8-12)19-15(10-28-16)20(25-21(24-19)22-11-23-25)13-5-7-17(26-2)18(9-13)27-3/h4-9,11,20H,10H2,1-3H3,(H,22,23,24)/t20-/m0/s1. The van der Waals surface area contributed by atoms with Crippen molar-refractivity contribution < 1.29 is 14.2 Å². The predicted octanol–water partition coefficient (Wildman–Crippen LogP) is 3.42. The number of hydrogen-bond acceptors (Lipinski definition) is 6. The first kappa shape index (κ1) is 16.7. The first-order valence-corrected chi connectivity index (χ1v) is 9.05. The highest BCUT2D eigenvalue weighted by Crippen LogP contribution is 2.44. The third-order valence-corrected chi connectivity index (χ3v) is 5.22. The quantitative estimate of drug-likeness (QED) is 0.755. The Labute approximate surface area is 162 Å². The smallest absolute Gasteiger partial charge is 0.226 e. The zero-order chi connectivity index (χ0) is 19.3. The second kappa shape index (κ2) is 6.30. The topological polar surface area (TPSA) is 70.4 Å². The molecule has 0 spiro atoms. The van der Waals surface area contributed by atoms with Crippen LogP contribution in [-0.2, 0) is 0 Å². The fourth-order valence-corrected chi connectivity index (χ4v) is 3.88. The number of aryl methyl sites for hydroxylation is 1. The van der Waals surface area contributed by atoms with Gasteiger partial charge in [0.25, 0.3) is 0 Å². The van der Waals surface area contributed by atoms with Crippen molar-refractivity contribution in [3.63, 3.8) is 0 Å². The van der Waals surface area contributed by atoms with Crippen molar-refractivity contribution in [1.82, 2.24) is 14.8 Å². The molecular weight excluding hydrogens is 356 g/mol. The van der Waals surface area contributed by atoms with Gasteiger partial charge in [0.15, 0.2) is 11.5 Å². The largest absolute Gasteiger partial charge is 0.493 e. The van der Waals surface area contributed by atoms with Gasteiger partial charge in [0.1, 0.15) is 24.7 Å². The Balaban J connectivity index is 1.71. The average Bonchev–Trinajstić information content (AvgIpc) is 3.19. The molecule has 142 valence electrons. The third-order valence-electron chi connectivity index (χ3n) is 5.22. The molecule has 0 saturated carbocycles. The van der Waals surface area contributed by atoms with E-state index in [1.807, 2.05) is 28.9 Å².